The quantitative estimate of drug-likeness (QED) is 0.342. The molecule has 0 spiro atoms. The van der Waals surface area contributed by atoms with Crippen LogP contribution in [0.2, 0.25) is 0 Å². The first-order chi connectivity index (χ1) is 19.1. The smallest absolute Gasteiger partial charge is 0.294 e. The topological polar surface area (TPSA) is 114 Å². The van der Waals surface area contributed by atoms with Crippen molar-refractivity contribution in [3.63, 3.8) is 0 Å². The Morgan fingerprint density at radius 3 is 2.27 bits per heavy atom. The predicted octanol–water partition coefficient (Wildman–Crippen LogP) is 5.31. The van der Waals surface area contributed by atoms with Gasteiger partial charge in [-0.25, -0.2) is 0 Å². The third-order valence-electron chi connectivity index (χ3n) is 6.05. The summed E-state index contributed by atoms with van der Waals surface area (Å²) in [7, 11) is 1.52. The van der Waals surface area contributed by atoms with Crippen molar-refractivity contribution in [2.24, 2.45) is 0 Å². The van der Waals surface area contributed by atoms with Gasteiger partial charge in [0.15, 0.2) is 6.61 Å². The molecule has 3 aromatic carbocycles. The number of nitrogens with zero attached hydrogens (tertiary/aromatic N) is 1. The van der Waals surface area contributed by atoms with Crippen molar-refractivity contribution in [2.45, 2.75) is 20.8 Å². The number of nitrogens with one attached hydrogen (secondary N) is 2. The Balaban J connectivity index is 1.33. The lowest BCUT2D eigenvalue weighted by atomic mass is 10.1. The molecule has 0 unspecified atom stereocenters. The van der Waals surface area contributed by atoms with Crippen molar-refractivity contribution >= 4 is 52.2 Å². The summed E-state index contributed by atoms with van der Waals surface area (Å²) in [6, 6.07) is 17.7. The summed E-state index contributed by atoms with van der Waals surface area (Å²) in [4.78, 5) is 51.5. The Labute approximate surface area is 236 Å². The van der Waals surface area contributed by atoms with Gasteiger partial charge in [-0.05, 0) is 79.6 Å². The molecule has 1 aliphatic heterocycles. The number of aryl methyl sites for hydroxylation is 3. The van der Waals surface area contributed by atoms with Crippen LogP contribution in [0.5, 0.6) is 11.5 Å². The van der Waals surface area contributed by atoms with Crippen molar-refractivity contribution in [3.8, 4) is 11.5 Å². The van der Waals surface area contributed by atoms with Gasteiger partial charge in [-0.1, -0.05) is 42.0 Å². The van der Waals surface area contributed by atoms with E-state index in [0.717, 1.165) is 33.4 Å². The Hall–Kier alpha value is -4.57. The fourth-order valence-electron chi connectivity index (χ4n) is 4.23. The molecular formula is C30H29N3O6S. The van der Waals surface area contributed by atoms with Gasteiger partial charge in [-0.2, -0.15) is 0 Å². The highest BCUT2D eigenvalue weighted by Crippen LogP contribution is 2.32. The number of carbonyl (C=O) groups excluding carboxylic acids is 4. The van der Waals surface area contributed by atoms with Gasteiger partial charge in [0.25, 0.3) is 17.1 Å². The molecule has 1 aliphatic rings. The molecule has 4 rings (SSSR count). The van der Waals surface area contributed by atoms with Gasteiger partial charge in [-0.15, -0.1) is 0 Å². The Morgan fingerprint density at radius 1 is 0.925 bits per heavy atom. The highest BCUT2D eigenvalue weighted by Gasteiger charge is 2.36. The van der Waals surface area contributed by atoms with Crippen molar-refractivity contribution in [1.29, 1.82) is 0 Å². The van der Waals surface area contributed by atoms with Gasteiger partial charge in [0, 0.05) is 5.69 Å². The maximum Gasteiger partial charge on any atom is 0.294 e. The SMILES string of the molecule is COc1ccccc1NC(=O)COc1ccc(/C=C2\SC(=O)N(CC(=O)Nc3c(C)cc(C)cc3C)C2=O)cc1. The number of para-hydroxylation sites is 2. The van der Waals surface area contributed by atoms with Crippen LogP contribution in [0, 0.1) is 20.8 Å². The predicted molar refractivity (Wildman–Crippen MR) is 156 cm³/mol. The number of benzene rings is 3. The number of carbonyl (C=O) groups is 4. The highest BCUT2D eigenvalue weighted by molar-refractivity contribution is 8.18. The lowest BCUT2D eigenvalue weighted by Crippen LogP contribution is -2.36. The van der Waals surface area contributed by atoms with Gasteiger partial charge in [0.1, 0.15) is 18.0 Å². The summed E-state index contributed by atoms with van der Waals surface area (Å²) in [5, 5.41) is 5.05. The maximum atomic E-state index is 12.9. The van der Waals surface area contributed by atoms with Gasteiger partial charge in [-0.3, -0.25) is 24.1 Å². The third kappa shape index (κ3) is 6.89. The number of imide groups is 1. The largest absolute Gasteiger partial charge is 0.495 e. The van der Waals surface area contributed by atoms with E-state index < -0.39 is 17.1 Å². The number of ether oxygens (including phenoxy) is 2. The Morgan fingerprint density at radius 2 is 1.60 bits per heavy atom. The molecule has 4 amide bonds. The standard InChI is InChI=1S/C30H29N3O6S/c1-18-13-19(2)28(20(3)14-18)32-26(34)16-33-29(36)25(40-30(33)37)15-21-9-11-22(12-10-21)39-17-27(35)31-23-7-5-6-8-24(23)38-4/h5-15H,16-17H2,1-4H3,(H,31,35)(H,32,34)/b25-15-. The molecule has 0 atom stereocenters. The van der Waals surface area contributed by atoms with Gasteiger partial charge in [0.2, 0.25) is 5.91 Å². The summed E-state index contributed by atoms with van der Waals surface area (Å²) in [6.45, 7) is 5.18. The van der Waals surface area contributed by atoms with Gasteiger partial charge < -0.3 is 20.1 Å². The van der Waals surface area contributed by atoms with Crippen LogP contribution in [0.3, 0.4) is 0 Å². The van der Waals surface area contributed by atoms with E-state index in [9.17, 15) is 19.2 Å². The average molecular weight is 560 g/mol. The second-order valence-corrected chi connectivity index (χ2v) is 10.2. The number of anilines is 2. The first-order valence-electron chi connectivity index (χ1n) is 12.4. The number of amides is 4. The van der Waals surface area contributed by atoms with E-state index in [1.807, 2.05) is 32.9 Å². The monoisotopic (exact) mass is 559 g/mol. The molecule has 9 nitrogen and oxygen atoms in total. The summed E-state index contributed by atoms with van der Waals surface area (Å²) < 4.78 is 10.8. The Kier molecular flexibility index (Phi) is 8.90. The second kappa shape index (κ2) is 12.5. The lowest BCUT2D eigenvalue weighted by molar-refractivity contribution is -0.127. The van der Waals surface area contributed by atoms with Gasteiger partial charge in [0.05, 0.1) is 17.7 Å². The summed E-state index contributed by atoms with van der Waals surface area (Å²) in [5.41, 5.74) is 4.78. The molecule has 0 bridgehead atoms. The molecule has 1 heterocycles. The normalized spacial score (nSPS) is 13.9. The molecule has 206 valence electrons. The maximum absolute atomic E-state index is 12.9. The van der Waals surface area contributed by atoms with Crippen LogP contribution in [-0.4, -0.2) is 48.1 Å². The molecule has 10 heteroatoms. The number of methoxy groups -OCH3 is 1. The van der Waals surface area contributed by atoms with Crippen LogP contribution in [-0.2, 0) is 14.4 Å². The minimum atomic E-state index is -0.532. The van der Waals surface area contributed by atoms with E-state index in [2.05, 4.69) is 10.6 Å². The van der Waals surface area contributed by atoms with Crippen LogP contribution in [0.4, 0.5) is 16.2 Å². The van der Waals surface area contributed by atoms with E-state index in [0.29, 0.717) is 28.4 Å². The Bertz CT molecular complexity index is 1480. The van der Waals surface area contributed by atoms with Crippen LogP contribution in [0.1, 0.15) is 22.3 Å². The third-order valence-corrected chi connectivity index (χ3v) is 6.95. The summed E-state index contributed by atoms with van der Waals surface area (Å²) in [5.74, 6) is -0.329. The van der Waals surface area contributed by atoms with E-state index in [4.69, 9.17) is 9.47 Å². The van der Waals surface area contributed by atoms with E-state index in [1.54, 1.807) is 54.6 Å². The van der Waals surface area contributed by atoms with Gasteiger partial charge >= 0.3 is 0 Å². The fraction of sp³-hybridized carbons (Fsp3) is 0.200. The molecule has 0 aliphatic carbocycles. The average Bonchev–Trinajstić information content (AvgIpc) is 3.17. The summed E-state index contributed by atoms with van der Waals surface area (Å²) in [6.07, 6.45) is 1.58. The number of rotatable bonds is 9. The minimum Gasteiger partial charge on any atom is -0.495 e. The number of thioether (sulfide) groups is 1. The molecule has 1 fully saturated rings. The zero-order valence-electron chi connectivity index (χ0n) is 22.6. The van der Waals surface area contributed by atoms with Crippen LogP contribution >= 0.6 is 11.8 Å². The minimum absolute atomic E-state index is 0.208. The molecule has 0 radical (unpaired) electrons. The first-order valence-corrected chi connectivity index (χ1v) is 13.2. The first kappa shape index (κ1) is 28.4. The molecule has 3 aromatic rings. The second-order valence-electron chi connectivity index (χ2n) is 9.20. The van der Waals surface area contributed by atoms with Crippen LogP contribution < -0.4 is 20.1 Å². The fourth-order valence-corrected chi connectivity index (χ4v) is 5.07. The molecule has 0 saturated carbocycles. The molecule has 40 heavy (non-hydrogen) atoms. The number of hydrogen-bond acceptors (Lipinski definition) is 7. The van der Waals surface area contributed by atoms with Crippen molar-refractivity contribution in [3.05, 3.63) is 87.8 Å². The van der Waals surface area contributed by atoms with Crippen molar-refractivity contribution in [1.82, 2.24) is 4.90 Å². The van der Waals surface area contributed by atoms with Crippen LogP contribution in [0.15, 0.2) is 65.6 Å². The zero-order chi connectivity index (χ0) is 28.8. The molecule has 1 saturated heterocycles. The zero-order valence-corrected chi connectivity index (χ0v) is 23.4. The molecule has 2 N–H and O–H groups in total. The highest BCUT2D eigenvalue weighted by atomic mass is 32.2. The number of hydrogen-bond donors (Lipinski definition) is 2. The van der Waals surface area contributed by atoms with E-state index in [-0.39, 0.29) is 24.0 Å². The van der Waals surface area contributed by atoms with E-state index >= 15 is 0 Å². The van der Waals surface area contributed by atoms with E-state index in [1.165, 1.54) is 7.11 Å². The summed E-state index contributed by atoms with van der Waals surface area (Å²) >= 11 is 0.780. The molecule has 0 aromatic heterocycles. The lowest BCUT2D eigenvalue weighted by Gasteiger charge is -2.15. The van der Waals surface area contributed by atoms with Crippen molar-refractivity contribution < 1.29 is 28.7 Å². The van der Waals surface area contributed by atoms with Crippen LogP contribution in [0.25, 0.3) is 6.08 Å². The molecular weight excluding hydrogens is 530 g/mol. The van der Waals surface area contributed by atoms with Crippen molar-refractivity contribution in [2.75, 3.05) is 30.9 Å².